The summed E-state index contributed by atoms with van der Waals surface area (Å²) in [6.45, 7) is -0.549. The van der Waals surface area contributed by atoms with Crippen LogP contribution in [0.15, 0.2) is 36.5 Å². The van der Waals surface area contributed by atoms with E-state index in [0.29, 0.717) is 29.4 Å². The maximum Gasteiger partial charge on any atom is 0.417 e. The molecular formula is C23H24F6N2O3. The molecule has 1 fully saturated rings. The highest BCUT2D eigenvalue weighted by atomic mass is 19.4. The molecule has 1 aliphatic rings. The summed E-state index contributed by atoms with van der Waals surface area (Å²) >= 11 is 0. The molecule has 0 saturated heterocycles. The molecule has 5 nitrogen and oxygen atoms in total. The first-order valence-corrected chi connectivity index (χ1v) is 10.6. The number of methoxy groups -OCH3 is 1. The third-order valence-corrected chi connectivity index (χ3v) is 6.03. The standard InChI is InChI=1S/C23H24F6N2O3/c1-30-12-16(23(27,28)29)11-19(30)21(33)31(20(32)13-34-2)18-9-4-3-8-17(18)14-6-5-7-15(10-14)22(24,25)26/h3-4,8-9,11-12,14-15H,5-7,10,13H2,1-2H3. The number of hydrogen-bond acceptors (Lipinski definition) is 3. The molecule has 0 spiro atoms. The Morgan fingerprint density at radius 1 is 1.12 bits per heavy atom. The van der Waals surface area contributed by atoms with Crippen LogP contribution in [0.2, 0.25) is 0 Å². The zero-order chi connectivity index (χ0) is 25.3. The van der Waals surface area contributed by atoms with Crippen LogP contribution in [0, 0.1) is 5.92 Å². The average molecular weight is 490 g/mol. The number of para-hydroxylation sites is 1. The lowest BCUT2D eigenvalue weighted by atomic mass is 9.77. The van der Waals surface area contributed by atoms with Gasteiger partial charge in [-0.1, -0.05) is 24.6 Å². The number of carbonyl (C=O) groups is 2. The highest BCUT2D eigenvalue weighted by Crippen LogP contribution is 2.46. The van der Waals surface area contributed by atoms with Crippen LogP contribution in [0.5, 0.6) is 0 Å². The van der Waals surface area contributed by atoms with E-state index in [1.165, 1.54) is 26.3 Å². The molecule has 2 unspecified atom stereocenters. The Balaban J connectivity index is 2.06. The largest absolute Gasteiger partial charge is 0.417 e. The predicted octanol–water partition coefficient (Wildman–Crippen LogP) is 5.70. The number of aryl methyl sites for hydroxylation is 1. The van der Waals surface area contributed by atoms with Gasteiger partial charge >= 0.3 is 12.4 Å². The van der Waals surface area contributed by atoms with Crippen LogP contribution in [-0.4, -0.2) is 36.3 Å². The summed E-state index contributed by atoms with van der Waals surface area (Å²) in [7, 11) is 2.45. The number of anilines is 1. The number of carbonyl (C=O) groups excluding carboxylic acids is 2. The summed E-state index contributed by atoms with van der Waals surface area (Å²) in [6, 6.07) is 6.69. The van der Waals surface area contributed by atoms with Gasteiger partial charge < -0.3 is 9.30 Å². The molecule has 1 aromatic carbocycles. The van der Waals surface area contributed by atoms with Gasteiger partial charge in [0.1, 0.15) is 12.3 Å². The van der Waals surface area contributed by atoms with E-state index in [1.54, 1.807) is 12.1 Å². The van der Waals surface area contributed by atoms with Crippen LogP contribution in [0.25, 0.3) is 0 Å². The van der Waals surface area contributed by atoms with Gasteiger partial charge in [0.2, 0.25) is 0 Å². The van der Waals surface area contributed by atoms with E-state index in [2.05, 4.69) is 0 Å². The zero-order valence-electron chi connectivity index (χ0n) is 18.5. The molecule has 1 saturated carbocycles. The molecule has 0 N–H and O–H groups in total. The van der Waals surface area contributed by atoms with Crippen molar-refractivity contribution in [1.82, 2.24) is 4.57 Å². The zero-order valence-corrected chi connectivity index (χ0v) is 18.5. The monoisotopic (exact) mass is 490 g/mol. The van der Waals surface area contributed by atoms with Gasteiger partial charge in [-0.3, -0.25) is 9.59 Å². The van der Waals surface area contributed by atoms with Gasteiger partial charge in [-0.05, 0) is 42.9 Å². The van der Waals surface area contributed by atoms with Crippen molar-refractivity contribution in [3.63, 3.8) is 0 Å². The first kappa shape index (κ1) is 25.8. The minimum atomic E-state index is -4.70. The highest BCUT2D eigenvalue weighted by molar-refractivity contribution is 6.21. The first-order valence-electron chi connectivity index (χ1n) is 10.6. The second-order valence-corrected chi connectivity index (χ2v) is 8.35. The lowest BCUT2D eigenvalue weighted by Gasteiger charge is -2.33. The summed E-state index contributed by atoms with van der Waals surface area (Å²) < 4.78 is 85.5. The predicted molar refractivity (Wildman–Crippen MR) is 111 cm³/mol. The van der Waals surface area contributed by atoms with Crippen molar-refractivity contribution in [1.29, 1.82) is 0 Å². The normalized spacial score (nSPS) is 19.2. The maximum absolute atomic E-state index is 13.4. The summed E-state index contributed by atoms with van der Waals surface area (Å²) in [4.78, 5) is 27.0. The lowest BCUT2D eigenvalue weighted by molar-refractivity contribution is -0.183. The summed E-state index contributed by atoms with van der Waals surface area (Å²) in [5.41, 5.74) is -1.06. The molecule has 2 aromatic rings. The second-order valence-electron chi connectivity index (χ2n) is 8.35. The number of imide groups is 1. The Morgan fingerprint density at radius 3 is 2.38 bits per heavy atom. The second kappa shape index (κ2) is 9.81. The average Bonchev–Trinajstić information content (AvgIpc) is 3.16. The van der Waals surface area contributed by atoms with Crippen LogP contribution in [-0.2, 0) is 22.8 Å². The molecule has 11 heteroatoms. The van der Waals surface area contributed by atoms with Crippen molar-refractivity contribution >= 4 is 17.5 Å². The Hall–Kier alpha value is -2.82. The van der Waals surface area contributed by atoms with Crippen LogP contribution in [0.1, 0.15) is 53.2 Å². The first-order chi connectivity index (χ1) is 15.8. The molecule has 0 radical (unpaired) electrons. The quantitative estimate of drug-likeness (QED) is 0.506. The van der Waals surface area contributed by atoms with Crippen LogP contribution >= 0.6 is 0 Å². The molecule has 2 atom stereocenters. The van der Waals surface area contributed by atoms with Gasteiger partial charge in [0, 0.05) is 20.4 Å². The van der Waals surface area contributed by atoms with Gasteiger partial charge in [0.05, 0.1) is 17.2 Å². The van der Waals surface area contributed by atoms with Crippen molar-refractivity contribution in [3.05, 3.63) is 53.3 Å². The fourth-order valence-electron chi connectivity index (χ4n) is 4.40. The molecular weight excluding hydrogens is 466 g/mol. The van der Waals surface area contributed by atoms with E-state index < -0.39 is 53.9 Å². The van der Waals surface area contributed by atoms with Crippen molar-refractivity contribution in [2.24, 2.45) is 13.0 Å². The SMILES string of the molecule is COCC(=O)N(C(=O)c1cc(C(F)(F)F)cn1C)c1ccccc1C1CCCC(C(F)(F)F)C1. The Kier molecular flexibility index (Phi) is 7.44. The fraction of sp³-hybridized carbons (Fsp3) is 0.478. The van der Waals surface area contributed by atoms with E-state index in [0.717, 1.165) is 10.8 Å². The molecule has 1 aromatic heterocycles. The Labute approximate surface area is 192 Å². The highest BCUT2D eigenvalue weighted by Gasteiger charge is 2.43. The minimum Gasteiger partial charge on any atom is -0.375 e. The molecule has 34 heavy (non-hydrogen) atoms. The van der Waals surface area contributed by atoms with E-state index >= 15 is 0 Å². The molecule has 3 rings (SSSR count). The van der Waals surface area contributed by atoms with Gasteiger partial charge in [-0.2, -0.15) is 26.3 Å². The summed E-state index contributed by atoms with van der Waals surface area (Å²) in [6.07, 6.45) is -7.81. The third kappa shape index (κ3) is 5.45. The number of rotatable bonds is 5. The maximum atomic E-state index is 13.4. The van der Waals surface area contributed by atoms with Crippen LogP contribution in [0.4, 0.5) is 32.0 Å². The number of amides is 2. The third-order valence-electron chi connectivity index (χ3n) is 6.03. The van der Waals surface area contributed by atoms with Crippen LogP contribution < -0.4 is 4.90 Å². The number of aromatic nitrogens is 1. The van der Waals surface area contributed by atoms with E-state index in [-0.39, 0.29) is 18.5 Å². The summed E-state index contributed by atoms with van der Waals surface area (Å²) in [5.74, 6) is -3.98. The van der Waals surface area contributed by atoms with Crippen LogP contribution in [0.3, 0.4) is 0 Å². The Bertz CT molecular complexity index is 1040. The lowest BCUT2D eigenvalue weighted by Crippen LogP contribution is -2.41. The number of hydrogen-bond donors (Lipinski definition) is 0. The Morgan fingerprint density at radius 2 is 1.79 bits per heavy atom. The number of ether oxygens (including phenoxy) is 1. The van der Waals surface area contributed by atoms with Gasteiger partial charge in [0.25, 0.3) is 11.8 Å². The van der Waals surface area contributed by atoms with Gasteiger partial charge in [-0.15, -0.1) is 0 Å². The van der Waals surface area contributed by atoms with Crippen molar-refractivity contribution in [2.45, 2.75) is 44.0 Å². The van der Waals surface area contributed by atoms with Crippen molar-refractivity contribution in [2.75, 3.05) is 18.6 Å². The van der Waals surface area contributed by atoms with E-state index in [9.17, 15) is 35.9 Å². The fourth-order valence-corrected chi connectivity index (χ4v) is 4.40. The molecule has 186 valence electrons. The summed E-state index contributed by atoms with van der Waals surface area (Å²) in [5, 5.41) is 0. The topological polar surface area (TPSA) is 51.5 Å². The van der Waals surface area contributed by atoms with Gasteiger partial charge in [0.15, 0.2) is 0 Å². The number of halogens is 6. The molecule has 0 bridgehead atoms. The number of benzene rings is 1. The van der Waals surface area contributed by atoms with E-state index in [1.807, 2.05) is 0 Å². The molecule has 1 aliphatic carbocycles. The molecule has 0 aliphatic heterocycles. The van der Waals surface area contributed by atoms with Crippen molar-refractivity contribution in [3.8, 4) is 0 Å². The van der Waals surface area contributed by atoms with Gasteiger partial charge in [-0.25, -0.2) is 4.90 Å². The molecule has 2 amide bonds. The minimum absolute atomic E-state index is 0.00299. The molecule has 1 heterocycles. The number of nitrogens with zero attached hydrogens (tertiary/aromatic N) is 2. The van der Waals surface area contributed by atoms with E-state index in [4.69, 9.17) is 4.74 Å². The van der Waals surface area contributed by atoms with Crippen molar-refractivity contribution < 1.29 is 40.7 Å². The number of alkyl halides is 6. The smallest absolute Gasteiger partial charge is 0.375 e.